The normalized spacial score (nSPS) is 11.7. The third-order valence-electron chi connectivity index (χ3n) is 14.0. The summed E-state index contributed by atoms with van der Waals surface area (Å²) in [6, 6.07) is 106. The van der Waals surface area contributed by atoms with Crippen LogP contribution < -0.4 is 14.7 Å². The summed E-state index contributed by atoms with van der Waals surface area (Å²) < 4.78 is 0. The highest BCUT2D eigenvalue weighted by molar-refractivity contribution is 5.92. The highest BCUT2D eigenvalue weighted by Gasteiger charge is 2.21. The Morgan fingerprint density at radius 3 is 0.944 bits per heavy atom. The molecule has 0 aliphatic heterocycles. The molecule has 0 bridgehead atoms. The lowest BCUT2D eigenvalue weighted by Crippen LogP contribution is -2.13. The molecule has 0 fully saturated rings. The summed E-state index contributed by atoms with van der Waals surface area (Å²) in [7, 11) is 0. The first kappa shape index (κ1) is 44.1. The minimum absolute atomic E-state index is 0.217. The van der Waals surface area contributed by atoms with Crippen LogP contribution in [0.5, 0.6) is 0 Å². The molecule has 1 atom stereocenters. The van der Waals surface area contributed by atoms with E-state index < -0.39 is 0 Å². The molecule has 72 heavy (non-hydrogen) atoms. The van der Waals surface area contributed by atoms with Gasteiger partial charge in [0.1, 0.15) is 0 Å². The lowest BCUT2D eigenvalue weighted by molar-refractivity contribution is 0.716. The molecule has 0 aliphatic carbocycles. The van der Waals surface area contributed by atoms with E-state index in [9.17, 15) is 0 Å². The summed E-state index contributed by atoms with van der Waals surface area (Å²) in [5, 5.41) is 7.40. The molecule has 0 saturated heterocycles. The van der Waals surface area contributed by atoms with E-state index in [4.69, 9.17) is 0 Å². The van der Waals surface area contributed by atoms with E-state index in [1.165, 1.54) is 49.0 Å². The Bertz CT molecular complexity index is 3580. The smallest absolute Gasteiger partial charge is 0.0468 e. The van der Waals surface area contributed by atoms with Gasteiger partial charge in [0, 0.05) is 57.1 Å². The number of aryl methyl sites for hydroxylation is 1. The van der Waals surface area contributed by atoms with Crippen LogP contribution in [0.1, 0.15) is 29.0 Å². The molecule has 0 radical (unpaired) electrons. The van der Waals surface area contributed by atoms with Crippen LogP contribution >= 0.6 is 0 Å². The van der Waals surface area contributed by atoms with Crippen molar-refractivity contribution in [2.75, 3.05) is 14.7 Å². The summed E-state index contributed by atoms with van der Waals surface area (Å²) in [5.41, 5.74) is 13.8. The fourth-order valence-electron chi connectivity index (χ4n) is 10.4. The molecule has 0 amide bonds. The molecule has 0 spiro atoms. The first-order chi connectivity index (χ1) is 35.7. The van der Waals surface area contributed by atoms with E-state index in [0.29, 0.717) is 0 Å². The summed E-state index contributed by atoms with van der Waals surface area (Å²) in [6.45, 7) is 0. The molecule has 0 saturated carbocycles. The van der Waals surface area contributed by atoms with Crippen LogP contribution in [0.15, 0.2) is 291 Å². The second-order valence-electron chi connectivity index (χ2n) is 18.5. The van der Waals surface area contributed by atoms with Gasteiger partial charge in [-0.05, 0) is 171 Å². The van der Waals surface area contributed by atoms with Crippen LogP contribution in [-0.2, 0) is 6.42 Å². The third-order valence-corrected chi connectivity index (χ3v) is 14.0. The molecular formula is C69H53N3. The van der Waals surface area contributed by atoms with Crippen molar-refractivity contribution in [3.63, 3.8) is 0 Å². The first-order valence-corrected chi connectivity index (χ1v) is 25.0. The number of fused-ring (bicyclic) bond motifs is 3. The van der Waals surface area contributed by atoms with Crippen LogP contribution in [0, 0.1) is 0 Å². The van der Waals surface area contributed by atoms with Gasteiger partial charge >= 0.3 is 0 Å². The zero-order chi connectivity index (χ0) is 48.1. The van der Waals surface area contributed by atoms with Gasteiger partial charge in [-0.15, -0.1) is 0 Å². The molecule has 0 N–H and O–H groups in total. The van der Waals surface area contributed by atoms with Gasteiger partial charge in [0.25, 0.3) is 0 Å². The van der Waals surface area contributed by atoms with Crippen LogP contribution in [0.3, 0.4) is 0 Å². The maximum absolute atomic E-state index is 2.39. The summed E-state index contributed by atoms with van der Waals surface area (Å²) in [4.78, 5) is 7.08. The van der Waals surface area contributed by atoms with Crippen molar-refractivity contribution in [2.45, 2.75) is 18.8 Å². The maximum atomic E-state index is 2.39. The van der Waals surface area contributed by atoms with Gasteiger partial charge in [-0.25, -0.2) is 0 Å². The van der Waals surface area contributed by atoms with Gasteiger partial charge in [-0.3, -0.25) is 0 Å². The minimum Gasteiger partial charge on any atom is -0.311 e. The summed E-state index contributed by atoms with van der Waals surface area (Å²) >= 11 is 0. The number of hydrogen-bond donors (Lipinski definition) is 0. The minimum atomic E-state index is 0.217. The van der Waals surface area contributed by atoms with Crippen molar-refractivity contribution >= 4 is 83.5 Å². The monoisotopic (exact) mass is 923 g/mol. The van der Waals surface area contributed by atoms with Gasteiger partial charge in [0.05, 0.1) is 0 Å². The molecular weight excluding hydrogens is 871 g/mol. The number of para-hydroxylation sites is 2. The van der Waals surface area contributed by atoms with E-state index >= 15 is 0 Å². The molecule has 3 heteroatoms. The van der Waals surface area contributed by atoms with E-state index in [0.717, 1.165) is 64.0 Å². The van der Waals surface area contributed by atoms with Crippen molar-refractivity contribution in [1.29, 1.82) is 0 Å². The number of anilines is 9. The quantitative estimate of drug-likeness (QED) is 0.108. The Hall–Kier alpha value is -9.18. The zero-order valence-electron chi connectivity index (χ0n) is 40.0. The van der Waals surface area contributed by atoms with Gasteiger partial charge in [-0.2, -0.15) is 0 Å². The summed E-state index contributed by atoms with van der Waals surface area (Å²) in [6.07, 6.45) is 1.99. The molecule has 1 unspecified atom stereocenters. The molecule has 344 valence electrons. The maximum Gasteiger partial charge on any atom is 0.0468 e. The molecule has 12 aromatic carbocycles. The van der Waals surface area contributed by atoms with E-state index in [2.05, 4.69) is 306 Å². The fourth-order valence-corrected chi connectivity index (χ4v) is 10.4. The Morgan fingerprint density at radius 1 is 0.222 bits per heavy atom. The molecule has 3 nitrogen and oxygen atoms in total. The van der Waals surface area contributed by atoms with Gasteiger partial charge in [0.15, 0.2) is 0 Å². The van der Waals surface area contributed by atoms with Gasteiger partial charge in [-0.1, -0.05) is 182 Å². The average Bonchev–Trinajstić information content (AvgIpc) is 3.45. The van der Waals surface area contributed by atoms with Crippen LogP contribution in [0.25, 0.3) is 32.3 Å². The molecule has 12 aromatic rings. The highest BCUT2D eigenvalue weighted by Crippen LogP contribution is 2.43. The average molecular weight is 924 g/mol. The lowest BCUT2D eigenvalue weighted by Gasteiger charge is -2.30. The molecule has 0 aliphatic rings. The number of hydrogen-bond acceptors (Lipinski definition) is 3. The van der Waals surface area contributed by atoms with Gasteiger partial charge in [0.2, 0.25) is 0 Å². The Labute approximate surface area is 422 Å². The molecule has 0 heterocycles. The topological polar surface area (TPSA) is 9.72 Å². The number of rotatable bonds is 14. The van der Waals surface area contributed by atoms with E-state index in [-0.39, 0.29) is 5.92 Å². The number of nitrogens with zero attached hydrogens (tertiary/aromatic N) is 3. The predicted molar refractivity (Wildman–Crippen MR) is 306 cm³/mol. The SMILES string of the molecule is c1ccc(CCC(c2ccc(N(c3ccc(N(c4ccccc4)c4ccc5ccccc5c4)cc3)c3ccc(N(c4ccccc4)c4ccc5ccccc5c4)cc3)cc2)c2ccc3ccccc3c2)cc1. The largest absolute Gasteiger partial charge is 0.311 e. The Balaban J connectivity index is 0.946. The van der Waals surface area contributed by atoms with E-state index in [1.54, 1.807) is 0 Å². The number of benzene rings is 12. The van der Waals surface area contributed by atoms with Crippen molar-refractivity contribution in [3.8, 4) is 0 Å². The standard InChI is InChI=1S/C69H53N3/c1-4-16-51(17-5-1)28-47-69(59-30-29-52-18-10-13-21-56(52)48-59)55-33-35-62(36-34-55)70(63-39-43-65(44-40-63)71(60-24-6-2-7-25-60)67-37-31-53-19-11-14-22-57(53)49-67)64-41-45-66(46-42-64)72(61-26-8-3-9-27-61)68-38-32-54-20-12-15-23-58(54)50-68/h1-27,29-46,48-50,69H,28,47H2. The highest BCUT2D eigenvalue weighted by atomic mass is 15.2. The third kappa shape index (κ3) is 9.20. The second kappa shape index (κ2) is 20.0. The van der Waals surface area contributed by atoms with Crippen LogP contribution in [0.2, 0.25) is 0 Å². The molecule has 0 aromatic heterocycles. The lowest BCUT2D eigenvalue weighted by atomic mass is 9.85. The second-order valence-corrected chi connectivity index (χ2v) is 18.5. The van der Waals surface area contributed by atoms with Crippen molar-refractivity contribution in [3.05, 3.63) is 308 Å². The van der Waals surface area contributed by atoms with Gasteiger partial charge < -0.3 is 14.7 Å². The van der Waals surface area contributed by atoms with Crippen LogP contribution in [0.4, 0.5) is 51.2 Å². The Kier molecular flexibility index (Phi) is 12.3. The van der Waals surface area contributed by atoms with Crippen molar-refractivity contribution in [1.82, 2.24) is 0 Å². The molecule has 12 rings (SSSR count). The Morgan fingerprint density at radius 2 is 0.514 bits per heavy atom. The van der Waals surface area contributed by atoms with Crippen molar-refractivity contribution < 1.29 is 0 Å². The summed E-state index contributed by atoms with van der Waals surface area (Å²) in [5.74, 6) is 0.217. The van der Waals surface area contributed by atoms with E-state index in [1.807, 2.05) is 0 Å². The first-order valence-electron chi connectivity index (χ1n) is 25.0. The zero-order valence-corrected chi connectivity index (χ0v) is 40.0. The van der Waals surface area contributed by atoms with Crippen LogP contribution in [-0.4, -0.2) is 0 Å². The predicted octanol–water partition coefficient (Wildman–Crippen LogP) is 19.3. The van der Waals surface area contributed by atoms with Crippen molar-refractivity contribution in [2.24, 2.45) is 0 Å². The fraction of sp³-hybridized carbons (Fsp3) is 0.0435.